The van der Waals surface area contributed by atoms with Gasteiger partial charge >= 0.3 is 5.97 Å². The van der Waals surface area contributed by atoms with Gasteiger partial charge in [-0.1, -0.05) is 32.4 Å². The van der Waals surface area contributed by atoms with E-state index in [1.54, 1.807) is 13.8 Å². The molecule has 0 bridgehead atoms. The third-order valence-corrected chi connectivity index (χ3v) is 11.5. The van der Waals surface area contributed by atoms with Crippen molar-refractivity contribution in [3.05, 3.63) is 23.8 Å². The Bertz CT molecular complexity index is 1210. The molecule has 3 N–H and O–H groups in total. The summed E-state index contributed by atoms with van der Waals surface area (Å²) in [6.07, 6.45) is 3.55. The van der Waals surface area contributed by atoms with Crippen LogP contribution in [-0.2, 0) is 23.9 Å². The van der Waals surface area contributed by atoms with E-state index in [1.165, 1.54) is 26.0 Å². The topological polar surface area (TPSA) is 138 Å². The lowest BCUT2D eigenvalue weighted by Crippen LogP contribution is -2.65. The molecule has 4 rings (SSSR count). The van der Waals surface area contributed by atoms with Crippen LogP contribution < -0.4 is 0 Å². The molecule has 0 radical (unpaired) electrons. The van der Waals surface area contributed by atoms with E-state index in [2.05, 4.69) is 13.0 Å². The van der Waals surface area contributed by atoms with Gasteiger partial charge in [-0.2, -0.15) is 0 Å². The Hall–Kier alpha value is -2.16. The van der Waals surface area contributed by atoms with Gasteiger partial charge in [0.2, 0.25) is 0 Å². The Balaban J connectivity index is 1.75. The summed E-state index contributed by atoms with van der Waals surface area (Å²) in [5, 5.41) is 34.0. The van der Waals surface area contributed by atoms with Gasteiger partial charge in [-0.15, -0.1) is 0 Å². The molecule has 8 heteroatoms. The summed E-state index contributed by atoms with van der Waals surface area (Å²) < 4.78 is 5.23. The number of ketones is 3. The molecule has 40 heavy (non-hydrogen) atoms. The molecule has 4 aliphatic carbocycles. The Morgan fingerprint density at radius 3 is 2.23 bits per heavy atom. The zero-order valence-corrected chi connectivity index (χ0v) is 25.3. The number of hydrogen-bond donors (Lipinski definition) is 3. The van der Waals surface area contributed by atoms with E-state index in [4.69, 9.17) is 4.74 Å². The minimum atomic E-state index is -1.99. The first-order valence-corrected chi connectivity index (χ1v) is 14.4. The predicted molar refractivity (Wildman–Crippen MR) is 148 cm³/mol. The van der Waals surface area contributed by atoms with Gasteiger partial charge in [-0.05, 0) is 88.7 Å². The fraction of sp³-hybridized carbons (Fsp3) is 0.750. The van der Waals surface area contributed by atoms with E-state index in [1.807, 2.05) is 27.7 Å². The van der Waals surface area contributed by atoms with Gasteiger partial charge in [0.05, 0.1) is 6.10 Å². The average molecular weight is 559 g/mol. The van der Waals surface area contributed by atoms with Crippen LogP contribution in [0.5, 0.6) is 0 Å². The number of allylic oxidation sites excluding steroid dienone is 2. The summed E-state index contributed by atoms with van der Waals surface area (Å²) in [4.78, 5) is 52.1. The van der Waals surface area contributed by atoms with Crippen LogP contribution in [0.1, 0.15) is 88.0 Å². The van der Waals surface area contributed by atoms with Crippen LogP contribution in [0.25, 0.3) is 0 Å². The number of Topliss-reactive ketones (excluding diaryl/α,β-unsaturated/α-hetero) is 2. The number of esters is 1. The summed E-state index contributed by atoms with van der Waals surface area (Å²) in [6.45, 7) is 15.4. The van der Waals surface area contributed by atoms with Crippen molar-refractivity contribution in [1.29, 1.82) is 0 Å². The van der Waals surface area contributed by atoms with Crippen molar-refractivity contribution < 1.29 is 39.2 Å². The van der Waals surface area contributed by atoms with Crippen LogP contribution in [0.2, 0.25) is 0 Å². The first-order valence-electron chi connectivity index (χ1n) is 14.4. The zero-order chi connectivity index (χ0) is 30.4. The lowest BCUT2D eigenvalue weighted by atomic mass is 9.38. The van der Waals surface area contributed by atoms with Gasteiger partial charge in [0, 0.05) is 30.1 Å². The molecule has 222 valence electrons. The zero-order valence-electron chi connectivity index (χ0n) is 25.3. The number of aliphatic hydroxyl groups excluding tert-OH is 2. The number of fused-ring (bicyclic) bond motifs is 5. The van der Waals surface area contributed by atoms with Gasteiger partial charge in [0.25, 0.3) is 0 Å². The van der Waals surface area contributed by atoms with Crippen LogP contribution in [0, 0.1) is 39.4 Å². The Morgan fingerprint density at radius 2 is 1.65 bits per heavy atom. The largest absolute Gasteiger partial charge is 0.456 e. The fourth-order valence-corrected chi connectivity index (χ4v) is 9.40. The minimum absolute atomic E-state index is 0.0284. The molecule has 0 unspecified atom stereocenters. The highest BCUT2D eigenvalue weighted by molar-refractivity contribution is 5.98. The number of aliphatic hydroxyl groups is 3. The number of rotatable bonds is 5. The third-order valence-electron chi connectivity index (χ3n) is 11.5. The standard InChI is InChI=1S/C32H46O8/c1-17(33)40-27(2,3)13-12-23(36)32(9,39)25-21(35)15-29(6)22-11-10-18-19(14-20(34)26(38)28(18,4)5)31(22,8)24(37)16-30(25,29)7/h10,12-13,19-22,25,34-35,39H,11,14-16H2,1-9H3/b13-12+/t19-,20+,21+,22+,25-,29+,30+,31+,32+/m0/s1. The predicted octanol–water partition coefficient (Wildman–Crippen LogP) is 3.50. The van der Waals surface area contributed by atoms with Gasteiger partial charge in [0.1, 0.15) is 23.1 Å². The molecule has 0 spiro atoms. The molecular weight excluding hydrogens is 512 g/mol. The quantitative estimate of drug-likeness (QED) is 0.265. The van der Waals surface area contributed by atoms with Gasteiger partial charge in [0.15, 0.2) is 11.6 Å². The summed E-state index contributed by atoms with van der Waals surface area (Å²) in [7, 11) is 0. The Kier molecular flexibility index (Phi) is 7.06. The average Bonchev–Trinajstić information content (AvgIpc) is 3.01. The molecule has 0 heterocycles. The van der Waals surface area contributed by atoms with Gasteiger partial charge < -0.3 is 20.1 Å². The highest BCUT2D eigenvalue weighted by atomic mass is 16.6. The van der Waals surface area contributed by atoms with E-state index >= 15 is 0 Å². The molecule has 9 atom stereocenters. The van der Waals surface area contributed by atoms with Gasteiger partial charge in [-0.3, -0.25) is 19.2 Å². The van der Waals surface area contributed by atoms with Crippen molar-refractivity contribution >= 4 is 23.3 Å². The second-order valence-corrected chi connectivity index (χ2v) is 14.8. The lowest BCUT2D eigenvalue weighted by molar-refractivity contribution is -0.183. The maximum atomic E-state index is 14.3. The van der Waals surface area contributed by atoms with Crippen molar-refractivity contribution in [2.24, 2.45) is 39.4 Å². The van der Waals surface area contributed by atoms with Crippen molar-refractivity contribution in [2.75, 3.05) is 0 Å². The molecule has 0 aliphatic heterocycles. The van der Waals surface area contributed by atoms with Crippen molar-refractivity contribution in [2.45, 2.75) is 111 Å². The second kappa shape index (κ2) is 9.17. The molecule has 8 nitrogen and oxygen atoms in total. The van der Waals surface area contributed by atoms with Crippen molar-refractivity contribution in [3.63, 3.8) is 0 Å². The Labute approximate surface area is 237 Å². The van der Waals surface area contributed by atoms with Crippen molar-refractivity contribution in [3.8, 4) is 0 Å². The molecule has 0 aromatic rings. The molecule has 3 fully saturated rings. The highest BCUT2D eigenvalue weighted by Crippen LogP contribution is 2.74. The Morgan fingerprint density at radius 1 is 1.05 bits per heavy atom. The summed E-state index contributed by atoms with van der Waals surface area (Å²) in [5.41, 5.74) is -5.43. The van der Waals surface area contributed by atoms with E-state index in [9.17, 15) is 34.5 Å². The summed E-state index contributed by atoms with van der Waals surface area (Å²) in [5.74, 6) is -2.85. The normalized spacial score (nSPS) is 42.4. The van der Waals surface area contributed by atoms with Crippen LogP contribution in [0.4, 0.5) is 0 Å². The number of carbonyl (C=O) groups is 4. The maximum Gasteiger partial charge on any atom is 0.303 e. The van der Waals surface area contributed by atoms with Gasteiger partial charge in [-0.25, -0.2) is 0 Å². The number of ether oxygens (including phenoxy) is 1. The van der Waals surface area contributed by atoms with Crippen LogP contribution in [0.3, 0.4) is 0 Å². The molecular formula is C32H46O8. The maximum absolute atomic E-state index is 14.3. The summed E-state index contributed by atoms with van der Waals surface area (Å²) >= 11 is 0. The molecule has 3 saturated carbocycles. The second-order valence-electron chi connectivity index (χ2n) is 14.8. The van der Waals surface area contributed by atoms with Crippen molar-refractivity contribution in [1.82, 2.24) is 0 Å². The van der Waals surface area contributed by atoms with E-state index < -0.39 is 62.7 Å². The first kappa shape index (κ1) is 30.8. The molecule has 0 aromatic heterocycles. The minimum Gasteiger partial charge on any atom is -0.456 e. The first-order chi connectivity index (χ1) is 18.1. The monoisotopic (exact) mass is 558 g/mol. The van der Waals surface area contributed by atoms with E-state index in [0.29, 0.717) is 12.8 Å². The molecule has 0 amide bonds. The smallest absolute Gasteiger partial charge is 0.303 e. The van der Waals surface area contributed by atoms with E-state index in [-0.39, 0.29) is 36.2 Å². The molecule has 4 aliphatic rings. The third kappa shape index (κ3) is 4.11. The summed E-state index contributed by atoms with van der Waals surface area (Å²) in [6, 6.07) is 0. The van der Waals surface area contributed by atoms with Crippen LogP contribution >= 0.6 is 0 Å². The molecule has 0 saturated heterocycles. The molecule has 0 aromatic carbocycles. The van der Waals surface area contributed by atoms with E-state index in [0.717, 1.165) is 5.57 Å². The fourth-order valence-electron chi connectivity index (χ4n) is 9.40. The SMILES string of the molecule is CC(=O)OC(C)(C)/C=C/C(=O)[C@@](C)(O)[C@H]1[C@H](O)C[C@]2(C)[C@H]3CC=C4[C@H](C[C@@H](O)C(=O)C4(C)C)[C@@]3(C)C(=O)C[C@]12C. The number of hydrogen-bond acceptors (Lipinski definition) is 8. The number of carbonyl (C=O) groups excluding carboxylic acids is 4. The van der Waals surface area contributed by atoms with Crippen LogP contribution in [0.15, 0.2) is 23.8 Å². The lowest BCUT2D eigenvalue weighted by Gasteiger charge is -2.64. The van der Waals surface area contributed by atoms with Crippen LogP contribution in [-0.4, -0.2) is 62.0 Å². The highest BCUT2D eigenvalue weighted by Gasteiger charge is 2.74.